The van der Waals surface area contributed by atoms with Crippen LogP contribution < -0.4 is 0 Å². The lowest BCUT2D eigenvalue weighted by atomic mass is 9.96. The summed E-state index contributed by atoms with van der Waals surface area (Å²) in [5.41, 5.74) is 2.29. The Labute approximate surface area is 119 Å². The molecule has 3 heterocycles. The van der Waals surface area contributed by atoms with Crippen LogP contribution in [0.3, 0.4) is 0 Å². The summed E-state index contributed by atoms with van der Waals surface area (Å²) in [5, 5.41) is 8.33. The maximum atomic E-state index is 5.24. The Balaban J connectivity index is 1.51. The minimum absolute atomic E-state index is 0.746. The summed E-state index contributed by atoms with van der Waals surface area (Å²) < 4.78 is 7.29. The van der Waals surface area contributed by atoms with Gasteiger partial charge in [-0.05, 0) is 51.8 Å². The van der Waals surface area contributed by atoms with Gasteiger partial charge in [-0.1, -0.05) is 5.16 Å². The highest BCUT2D eigenvalue weighted by molar-refractivity contribution is 5.20. The lowest BCUT2D eigenvalue weighted by Gasteiger charge is -2.31. The van der Waals surface area contributed by atoms with Crippen molar-refractivity contribution in [3.8, 4) is 0 Å². The van der Waals surface area contributed by atoms with Gasteiger partial charge in [-0.25, -0.2) is 0 Å². The first kappa shape index (κ1) is 13.4. The molecule has 1 aliphatic heterocycles. The first-order valence-electron chi connectivity index (χ1n) is 7.34. The van der Waals surface area contributed by atoms with Crippen LogP contribution >= 0.6 is 0 Å². The van der Waals surface area contributed by atoms with E-state index < -0.39 is 0 Å². The first-order chi connectivity index (χ1) is 9.72. The molecule has 20 heavy (non-hydrogen) atoms. The normalized spacial score (nSPS) is 17.7. The van der Waals surface area contributed by atoms with E-state index in [1.54, 1.807) is 0 Å². The van der Waals surface area contributed by atoms with Crippen molar-refractivity contribution in [1.82, 2.24) is 19.8 Å². The van der Waals surface area contributed by atoms with Crippen LogP contribution in [0.1, 0.15) is 29.9 Å². The van der Waals surface area contributed by atoms with E-state index in [2.05, 4.69) is 26.0 Å². The molecule has 1 aliphatic rings. The van der Waals surface area contributed by atoms with Gasteiger partial charge in [-0.15, -0.1) is 0 Å². The molecule has 0 saturated carbocycles. The highest BCUT2D eigenvalue weighted by Crippen LogP contribution is 2.22. The average molecular weight is 274 g/mol. The molecule has 5 heteroatoms. The first-order valence-corrected chi connectivity index (χ1v) is 7.34. The highest BCUT2D eigenvalue weighted by Gasteiger charge is 2.21. The van der Waals surface area contributed by atoms with Crippen molar-refractivity contribution in [3.05, 3.63) is 35.5 Å². The predicted molar refractivity (Wildman–Crippen MR) is 76.2 cm³/mol. The number of aromatic nitrogens is 3. The summed E-state index contributed by atoms with van der Waals surface area (Å²) in [5.74, 6) is 1.71. The van der Waals surface area contributed by atoms with E-state index in [4.69, 9.17) is 4.52 Å². The van der Waals surface area contributed by atoms with E-state index >= 15 is 0 Å². The summed E-state index contributed by atoms with van der Waals surface area (Å²) in [6.07, 6.45) is 6.38. The van der Waals surface area contributed by atoms with Gasteiger partial charge in [0.1, 0.15) is 5.76 Å². The lowest BCUT2D eigenvalue weighted by Crippen LogP contribution is -2.34. The zero-order valence-corrected chi connectivity index (χ0v) is 12.2. The molecule has 0 amide bonds. The van der Waals surface area contributed by atoms with Crippen molar-refractivity contribution >= 4 is 0 Å². The summed E-state index contributed by atoms with van der Waals surface area (Å²) in [6, 6.07) is 1.99. The van der Waals surface area contributed by atoms with Gasteiger partial charge >= 0.3 is 0 Å². The molecule has 0 unspecified atom stereocenters. The third-order valence-corrected chi connectivity index (χ3v) is 4.27. The zero-order chi connectivity index (χ0) is 13.9. The van der Waals surface area contributed by atoms with Gasteiger partial charge in [-0.3, -0.25) is 9.58 Å². The molecule has 1 fully saturated rings. The number of hydrogen-bond acceptors (Lipinski definition) is 4. The molecule has 108 valence electrons. The largest absolute Gasteiger partial charge is 0.361 e. The summed E-state index contributed by atoms with van der Waals surface area (Å²) in [6.45, 7) is 8.34. The van der Waals surface area contributed by atoms with Gasteiger partial charge in [-0.2, -0.15) is 5.10 Å². The van der Waals surface area contributed by atoms with E-state index in [0.29, 0.717) is 0 Å². The van der Waals surface area contributed by atoms with Crippen molar-refractivity contribution in [1.29, 1.82) is 0 Å². The summed E-state index contributed by atoms with van der Waals surface area (Å²) >= 11 is 0. The van der Waals surface area contributed by atoms with Gasteiger partial charge in [0.15, 0.2) is 0 Å². The summed E-state index contributed by atoms with van der Waals surface area (Å²) in [4.78, 5) is 2.51. The number of piperidine rings is 1. The van der Waals surface area contributed by atoms with Gasteiger partial charge in [0.05, 0.1) is 5.69 Å². The second kappa shape index (κ2) is 5.79. The monoisotopic (exact) mass is 274 g/mol. The van der Waals surface area contributed by atoms with Crippen LogP contribution in [-0.2, 0) is 13.1 Å². The van der Waals surface area contributed by atoms with Crippen LogP contribution in [-0.4, -0.2) is 32.9 Å². The quantitative estimate of drug-likeness (QED) is 0.859. The minimum Gasteiger partial charge on any atom is -0.361 e. The molecule has 0 spiro atoms. The number of rotatable bonds is 4. The molecule has 2 aromatic rings. The van der Waals surface area contributed by atoms with Crippen molar-refractivity contribution < 1.29 is 4.52 Å². The van der Waals surface area contributed by atoms with E-state index in [1.165, 1.54) is 18.4 Å². The molecule has 0 radical (unpaired) electrons. The van der Waals surface area contributed by atoms with Crippen LogP contribution in [0.4, 0.5) is 0 Å². The average Bonchev–Trinajstić information content (AvgIpc) is 3.06. The van der Waals surface area contributed by atoms with Gasteiger partial charge in [0.2, 0.25) is 0 Å². The Morgan fingerprint density at radius 1 is 1.30 bits per heavy atom. The number of nitrogens with zero attached hydrogens (tertiary/aromatic N) is 4. The van der Waals surface area contributed by atoms with Crippen molar-refractivity contribution in [2.75, 3.05) is 13.1 Å². The smallest absolute Gasteiger partial charge is 0.138 e. The van der Waals surface area contributed by atoms with Crippen LogP contribution in [0.2, 0.25) is 0 Å². The van der Waals surface area contributed by atoms with E-state index in [1.807, 2.05) is 26.1 Å². The molecule has 0 aliphatic carbocycles. The fraction of sp³-hybridized carbons (Fsp3) is 0.600. The van der Waals surface area contributed by atoms with Crippen LogP contribution in [0.5, 0.6) is 0 Å². The summed E-state index contributed by atoms with van der Waals surface area (Å²) in [7, 11) is 0. The van der Waals surface area contributed by atoms with E-state index in [-0.39, 0.29) is 0 Å². The number of hydrogen-bond donors (Lipinski definition) is 0. The second-order valence-corrected chi connectivity index (χ2v) is 5.75. The molecule has 0 atom stereocenters. The standard InChI is InChI=1S/C15H22N4O/c1-12-15(13(2)20-17-12)11-18-8-4-14(5-9-18)10-19-7-3-6-16-19/h3,6-7,14H,4-5,8-11H2,1-2H3. The van der Waals surface area contributed by atoms with Crippen molar-refractivity contribution in [2.45, 2.75) is 39.8 Å². The third kappa shape index (κ3) is 2.93. The molecule has 0 N–H and O–H groups in total. The number of likely N-dealkylation sites (tertiary alicyclic amines) is 1. The predicted octanol–water partition coefficient (Wildman–Crippen LogP) is 2.40. The molecule has 2 aromatic heterocycles. The Bertz CT molecular complexity index is 519. The lowest BCUT2D eigenvalue weighted by molar-refractivity contribution is 0.164. The zero-order valence-electron chi connectivity index (χ0n) is 12.2. The molecule has 0 bridgehead atoms. The Morgan fingerprint density at radius 3 is 2.70 bits per heavy atom. The SMILES string of the molecule is Cc1noc(C)c1CN1CCC(Cn2cccn2)CC1. The Kier molecular flexibility index (Phi) is 3.87. The maximum absolute atomic E-state index is 5.24. The second-order valence-electron chi connectivity index (χ2n) is 5.75. The Morgan fingerprint density at radius 2 is 2.10 bits per heavy atom. The van der Waals surface area contributed by atoms with E-state index in [0.717, 1.165) is 43.6 Å². The fourth-order valence-electron chi connectivity index (χ4n) is 2.95. The third-order valence-electron chi connectivity index (χ3n) is 4.27. The molecular formula is C15H22N4O. The molecular weight excluding hydrogens is 252 g/mol. The van der Waals surface area contributed by atoms with E-state index in [9.17, 15) is 0 Å². The molecule has 0 aromatic carbocycles. The van der Waals surface area contributed by atoms with Crippen molar-refractivity contribution in [3.63, 3.8) is 0 Å². The van der Waals surface area contributed by atoms with Gasteiger partial charge < -0.3 is 4.52 Å². The van der Waals surface area contributed by atoms with Crippen LogP contribution in [0, 0.1) is 19.8 Å². The fourth-order valence-corrected chi connectivity index (χ4v) is 2.95. The molecule has 1 saturated heterocycles. The van der Waals surface area contributed by atoms with Crippen LogP contribution in [0.25, 0.3) is 0 Å². The minimum atomic E-state index is 0.746. The van der Waals surface area contributed by atoms with Crippen molar-refractivity contribution in [2.24, 2.45) is 5.92 Å². The topological polar surface area (TPSA) is 47.1 Å². The van der Waals surface area contributed by atoms with Crippen LogP contribution in [0.15, 0.2) is 23.0 Å². The molecule has 3 rings (SSSR count). The molecule has 5 nitrogen and oxygen atoms in total. The maximum Gasteiger partial charge on any atom is 0.138 e. The Hall–Kier alpha value is -1.62. The number of aryl methyl sites for hydroxylation is 2. The highest BCUT2D eigenvalue weighted by atomic mass is 16.5. The van der Waals surface area contributed by atoms with Gasteiger partial charge in [0, 0.05) is 31.0 Å². The van der Waals surface area contributed by atoms with Gasteiger partial charge in [0.25, 0.3) is 0 Å².